The van der Waals surface area contributed by atoms with E-state index in [1.807, 2.05) is 0 Å². The molecule has 0 radical (unpaired) electrons. The first-order valence-electron chi connectivity index (χ1n) is 3.08. The van der Waals surface area contributed by atoms with Gasteiger partial charge in [0.05, 0.1) is 0 Å². The molecule has 0 aliphatic rings. The Morgan fingerprint density at radius 3 is 2.08 bits per heavy atom. The van der Waals surface area contributed by atoms with Crippen LogP contribution in [0.4, 0.5) is 22.0 Å². The molecule has 7 heteroatoms. The summed E-state index contributed by atoms with van der Waals surface area (Å²) in [7, 11) is 0. The van der Waals surface area contributed by atoms with Crippen molar-refractivity contribution in [3.05, 3.63) is 24.0 Å². The molecule has 0 unspecified atom stereocenters. The lowest BCUT2D eigenvalue weighted by Gasteiger charge is -2.17. The van der Waals surface area contributed by atoms with Crippen molar-refractivity contribution in [1.82, 2.24) is 10.2 Å². The van der Waals surface area contributed by atoms with Gasteiger partial charge in [-0.25, -0.2) is 0 Å². The summed E-state index contributed by atoms with van der Waals surface area (Å²) in [5.74, 6) is -4.94. The number of nitrogens with zero attached hydrogens (tertiary/aromatic N) is 2. The second-order valence-electron chi connectivity index (χ2n) is 2.18. The second-order valence-corrected chi connectivity index (χ2v) is 2.18. The molecule has 0 aromatic carbocycles. The highest BCUT2D eigenvalue weighted by Crippen LogP contribution is 2.42. The topological polar surface area (TPSA) is 25.8 Å². The predicted molar refractivity (Wildman–Crippen MR) is 32.0 cm³/mol. The monoisotopic (exact) mass is 198 g/mol. The molecule has 0 N–H and O–H groups in total. The predicted octanol–water partition coefficient (Wildman–Crippen LogP) is 2.13. The average molecular weight is 198 g/mol. The number of hydrogen-bond acceptors (Lipinski definition) is 2. The van der Waals surface area contributed by atoms with Crippen LogP contribution in [0, 0.1) is 0 Å². The van der Waals surface area contributed by atoms with E-state index in [1.165, 1.54) is 0 Å². The fourth-order valence-corrected chi connectivity index (χ4v) is 0.614. The van der Waals surface area contributed by atoms with Gasteiger partial charge in [-0.15, -0.1) is 5.10 Å². The van der Waals surface area contributed by atoms with Crippen LogP contribution in [0.25, 0.3) is 0 Å². The van der Waals surface area contributed by atoms with E-state index in [1.54, 1.807) is 0 Å². The Hall–Kier alpha value is -1.27. The van der Waals surface area contributed by atoms with Crippen molar-refractivity contribution in [2.24, 2.45) is 0 Å². The van der Waals surface area contributed by atoms with Crippen LogP contribution < -0.4 is 0 Å². The molecule has 0 amide bonds. The van der Waals surface area contributed by atoms with Gasteiger partial charge in [0.15, 0.2) is 0 Å². The SMILES string of the molecule is FC(F)(F)C(F)(F)c1cccnn1. The molecule has 2 nitrogen and oxygen atoms in total. The first-order valence-corrected chi connectivity index (χ1v) is 3.08. The highest BCUT2D eigenvalue weighted by Gasteiger charge is 2.60. The second kappa shape index (κ2) is 2.90. The molecule has 0 spiro atoms. The number of halogens is 5. The Bertz CT molecular complexity index is 281. The zero-order valence-corrected chi connectivity index (χ0v) is 6.02. The van der Waals surface area contributed by atoms with E-state index in [2.05, 4.69) is 10.2 Å². The van der Waals surface area contributed by atoms with Gasteiger partial charge in [0.2, 0.25) is 0 Å². The highest BCUT2D eigenvalue weighted by molar-refractivity contribution is 5.09. The summed E-state index contributed by atoms with van der Waals surface area (Å²) in [6.07, 6.45) is -4.63. The Morgan fingerprint density at radius 2 is 1.69 bits per heavy atom. The summed E-state index contributed by atoms with van der Waals surface area (Å²) < 4.78 is 60.0. The van der Waals surface area contributed by atoms with Gasteiger partial charge in [-0.3, -0.25) is 0 Å². The van der Waals surface area contributed by atoms with Gasteiger partial charge in [0, 0.05) is 6.20 Å². The molecule has 1 rings (SSSR count). The van der Waals surface area contributed by atoms with E-state index in [-0.39, 0.29) is 0 Å². The minimum absolute atomic E-state index is 0.570. The van der Waals surface area contributed by atoms with E-state index in [4.69, 9.17) is 0 Å². The summed E-state index contributed by atoms with van der Waals surface area (Å²) >= 11 is 0. The zero-order chi connectivity index (χ0) is 10.1. The first kappa shape index (κ1) is 9.82. The van der Waals surface area contributed by atoms with E-state index in [9.17, 15) is 22.0 Å². The molecule has 0 saturated carbocycles. The van der Waals surface area contributed by atoms with Gasteiger partial charge < -0.3 is 0 Å². The van der Waals surface area contributed by atoms with Crippen molar-refractivity contribution >= 4 is 0 Å². The Kier molecular flexibility index (Phi) is 2.19. The third-order valence-electron chi connectivity index (χ3n) is 1.25. The lowest BCUT2D eigenvalue weighted by atomic mass is 10.2. The number of rotatable bonds is 1. The summed E-state index contributed by atoms with van der Waals surface area (Å²) in [6.45, 7) is 0. The van der Waals surface area contributed by atoms with Crippen LogP contribution in [0.1, 0.15) is 5.69 Å². The van der Waals surface area contributed by atoms with E-state index in [0.717, 1.165) is 12.3 Å². The molecule has 1 heterocycles. The molecule has 0 aliphatic heterocycles. The molecule has 0 aliphatic carbocycles. The van der Waals surface area contributed by atoms with Gasteiger partial charge in [-0.05, 0) is 12.1 Å². The van der Waals surface area contributed by atoms with Crippen molar-refractivity contribution in [2.45, 2.75) is 12.1 Å². The molecule has 72 valence electrons. The van der Waals surface area contributed by atoms with Crippen LogP contribution >= 0.6 is 0 Å². The molecular formula is C6H3F5N2. The molecule has 13 heavy (non-hydrogen) atoms. The quantitative estimate of drug-likeness (QED) is 0.646. The normalized spacial score (nSPS) is 13.0. The minimum Gasteiger partial charge on any atom is -0.189 e. The van der Waals surface area contributed by atoms with Crippen LogP contribution in [-0.2, 0) is 5.92 Å². The number of hydrogen-bond donors (Lipinski definition) is 0. The fourth-order valence-electron chi connectivity index (χ4n) is 0.614. The van der Waals surface area contributed by atoms with E-state index in [0.29, 0.717) is 6.07 Å². The third kappa shape index (κ3) is 1.73. The maximum absolute atomic E-state index is 12.4. The van der Waals surface area contributed by atoms with Crippen LogP contribution in [0.15, 0.2) is 18.3 Å². The van der Waals surface area contributed by atoms with Crippen molar-refractivity contribution in [1.29, 1.82) is 0 Å². The largest absolute Gasteiger partial charge is 0.459 e. The van der Waals surface area contributed by atoms with Crippen LogP contribution in [0.3, 0.4) is 0 Å². The van der Waals surface area contributed by atoms with Crippen molar-refractivity contribution in [3.63, 3.8) is 0 Å². The van der Waals surface area contributed by atoms with Crippen molar-refractivity contribution in [3.8, 4) is 0 Å². The number of alkyl halides is 5. The minimum atomic E-state index is -5.64. The maximum Gasteiger partial charge on any atom is 0.459 e. The molecule has 0 atom stereocenters. The van der Waals surface area contributed by atoms with Gasteiger partial charge in [-0.2, -0.15) is 27.1 Å². The van der Waals surface area contributed by atoms with E-state index >= 15 is 0 Å². The summed E-state index contributed by atoms with van der Waals surface area (Å²) in [4.78, 5) is 0. The number of aromatic nitrogens is 2. The lowest BCUT2D eigenvalue weighted by Crippen LogP contribution is -2.34. The molecule has 0 bridgehead atoms. The Morgan fingerprint density at radius 1 is 1.08 bits per heavy atom. The van der Waals surface area contributed by atoms with Gasteiger partial charge in [-0.1, -0.05) is 0 Å². The standard InChI is InChI=1S/C6H3F5N2/c7-5(8,6(9,10)11)4-2-1-3-12-13-4/h1-3H. The van der Waals surface area contributed by atoms with Crippen LogP contribution in [0.2, 0.25) is 0 Å². The summed E-state index contributed by atoms with van der Waals surface area (Å²) in [5, 5.41) is 5.63. The zero-order valence-electron chi connectivity index (χ0n) is 6.02. The molecule has 0 fully saturated rings. The van der Waals surface area contributed by atoms with Crippen LogP contribution in [0.5, 0.6) is 0 Å². The summed E-state index contributed by atoms with van der Waals surface area (Å²) in [6, 6.07) is 1.53. The van der Waals surface area contributed by atoms with Crippen molar-refractivity contribution in [2.75, 3.05) is 0 Å². The van der Waals surface area contributed by atoms with Crippen LogP contribution in [-0.4, -0.2) is 16.4 Å². The van der Waals surface area contributed by atoms with E-state index < -0.39 is 17.8 Å². The van der Waals surface area contributed by atoms with Gasteiger partial charge in [0.25, 0.3) is 0 Å². The molecular weight excluding hydrogens is 195 g/mol. The Labute approximate surface area is 69.4 Å². The Balaban J connectivity index is 3.08. The summed E-state index contributed by atoms with van der Waals surface area (Å²) in [5.41, 5.74) is -1.40. The lowest BCUT2D eigenvalue weighted by molar-refractivity contribution is -0.291. The smallest absolute Gasteiger partial charge is 0.189 e. The fraction of sp³-hybridized carbons (Fsp3) is 0.333. The van der Waals surface area contributed by atoms with Gasteiger partial charge >= 0.3 is 12.1 Å². The van der Waals surface area contributed by atoms with Crippen molar-refractivity contribution < 1.29 is 22.0 Å². The molecule has 1 aromatic heterocycles. The van der Waals surface area contributed by atoms with Gasteiger partial charge in [0.1, 0.15) is 5.69 Å². The third-order valence-corrected chi connectivity index (χ3v) is 1.25. The molecule has 1 aromatic rings. The molecule has 0 saturated heterocycles. The average Bonchev–Trinajstić information content (AvgIpc) is 2.04. The maximum atomic E-state index is 12.4. The highest BCUT2D eigenvalue weighted by atomic mass is 19.4. The first-order chi connectivity index (χ1) is 5.86.